The van der Waals surface area contributed by atoms with Crippen LogP contribution in [0.25, 0.3) is 10.9 Å². The van der Waals surface area contributed by atoms with Gasteiger partial charge in [0, 0.05) is 42.4 Å². The molecular weight excluding hydrogens is 304 g/mol. The molecule has 0 unspecified atom stereocenters. The summed E-state index contributed by atoms with van der Waals surface area (Å²) in [6, 6.07) is 14.6. The third-order valence-electron chi connectivity index (χ3n) is 3.82. The van der Waals surface area contributed by atoms with Gasteiger partial charge in [-0.15, -0.1) is 0 Å². The number of rotatable bonds is 5. The van der Waals surface area contributed by atoms with E-state index >= 15 is 0 Å². The first-order chi connectivity index (χ1) is 11.6. The van der Waals surface area contributed by atoms with Gasteiger partial charge in [-0.3, -0.25) is 4.79 Å². The van der Waals surface area contributed by atoms with Gasteiger partial charge >= 0.3 is 5.97 Å². The largest absolute Gasteiger partial charge is 0.454 e. The van der Waals surface area contributed by atoms with Crippen molar-refractivity contribution in [3.05, 3.63) is 65.9 Å². The average molecular weight is 322 g/mol. The molecule has 3 rings (SSSR count). The van der Waals surface area contributed by atoms with E-state index < -0.39 is 5.97 Å². The second-order valence-corrected chi connectivity index (χ2v) is 5.69. The molecule has 0 saturated heterocycles. The molecule has 1 N–H and O–H groups in total. The predicted molar refractivity (Wildman–Crippen MR) is 93.7 cm³/mol. The number of nitrogens with one attached hydrogen (secondary N) is 1. The molecule has 0 aliphatic rings. The fraction of sp³-hybridized carbons (Fsp3) is 0.158. The molecule has 5 heteroatoms. The Balaban J connectivity index is 1.70. The van der Waals surface area contributed by atoms with Gasteiger partial charge in [0.1, 0.15) is 0 Å². The number of carbonyl (C=O) groups is 2. The molecule has 24 heavy (non-hydrogen) atoms. The van der Waals surface area contributed by atoms with Crippen molar-refractivity contribution in [3.8, 4) is 0 Å². The monoisotopic (exact) mass is 322 g/mol. The van der Waals surface area contributed by atoms with Gasteiger partial charge in [-0.25, -0.2) is 4.79 Å². The molecule has 1 aromatic heterocycles. The minimum atomic E-state index is -0.508. The minimum Gasteiger partial charge on any atom is -0.454 e. The topological polar surface area (TPSA) is 62.4 Å². The van der Waals surface area contributed by atoms with Crippen LogP contribution in [0.4, 0.5) is 5.69 Å². The number of benzene rings is 2. The summed E-state index contributed by atoms with van der Waals surface area (Å²) in [6.45, 7) is -0.285. The maximum absolute atomic E-state index is 12.3. The van der Waals surface area contributed by atoms with Crippen LogP contribution in [-0.2, 0) is 4.74 Å². The average Bonchev–Trinajstić information content (AvgIpc) is 3.03. The lowest BCUT2D eigenvalue weighted by Crippen LogP contribution is -2.15. The highest BCUT2D eigenvalue weighted by Crippen LogP contribution is 2.19. The fourth-order valence-electron chi connectivity index (χ4n) is 2.51. The molecule has 122 valence electrons. The Hall–Kier alpha value is -3.08. The van der Waals surface area contributed by atoms with Gasteiger partial charge in [-0.05, 0) is 24.3 Å². The number of nitrogens with zero attached hydrogens (tertiary/aromatic N) is 1. The summed E-state index contributed by atoms with van der Waals surface area (Å²) in [5.74, 6) is -0.739. The molecule has 2 aromatic carbocycles. The molecule has 0 saturated carbocycles. The summed E-state index contributed by atoms with van der Waals surface area (Å²) in [6.07, 6.45) is 1.65. The standard InChI is InChI=1S/C19H18N2O3/c1-21(2)14-7-5-6-13(10-14)19(23)24-12-18(22)16-11-20-17-9-4-3-8-15(16)17/h3-11,20H,12H2,1-2H3. The lowest BCUT2D eigenvalue weighted by atomic mass is 10.1. The minimum absolute atomic E-state index is 0.232. The number of H-pyrrole nitrogens is 1. The Morgan fingerprint density at radius 1 is 1.08 bits per heavy atom. The molecule has 0 radical (unpaired) electrons. The van der Waals surface area contributed by atoms with E-state index in [2.05, 4.69) is 4.98 Å². The molecule has 3 aromatic rings. The molecule has 0 atom stereocenters. The molecule has 0 aliphatic heterocycles. The van der Waals surface area contributed by atoms with Crippen LogP contribution in [0.5, 0.6) is 0 Å². The third kappa shape index (κ3) is 3.15. The highest BCUT2D eigenvalue weighted by atomic mass is 16.5. The van der Waals surface area contributed by atoms with Crippen molar-refractivity contribution in [3.63, 3.8) is 0 Å². The van der Waals surface area contributed by atoms with Crippen LogP contribution in [0.1, 0.15) is 20.7 Å². The molecule has 0 bridgehead atoms. The van der Waals surface area contributed by atoms with Crippen LogP contribution >= 0.6 is 0 Å². The Kier molecular flexibility index (Phi) is 4.33. The zero-order valence-electron chi connectivity index (χ0n) is 13.6. The zero-order valence-corrected chi connectivity index (χ0v) is 13.6. The van der Waals surface area contributed by atoms with Gasteiger partial charge in [-0.2, -0.15) is 0 Å². The van der Waals surface area contributed by atoms with Gasteiger partial charge in [0.05, 0.1) is 5.56 Å². The van der Waals surface area contributed by atoms with E-state index in [0.29, 0.717) is 11.1 Å². The van der Waals surface area contributed by atoms with Crippen molar-refractivity contribution in [2.75, 3.05) is 25.6 Å². The Morgan fingerprint density at radius 3 is 2.67 bits per heavy atom. The number of aromatic amines is 1. The predicted octanol–water partition coefficient (Wildman–Crippen LogP) is 3.27. The third-order valence-corrected chi connectivity index (χ3v) is 3.82. The van der Waals surface area contributed by atoms with Crippen LogP contribution in [0.2, 0.25) is 0 Å². The van der Waals surface area contributed by atoms with Crippen LogP contribution in [0.15, 0.2) is 54.7 Å². The summed E-state index contributed by atoms with van der Waals surface area (Å²) in [4.78, 5) is 29.4. The number of ketones is 1. The van der Waals surface area contributed by atoms with Gasteiger partial charge < -0.3 is 14.6 Å². The highest BCUT2D eigenvalue weighted by molar-refractivity contribution is 6.09. The Morgan fingerprint density at radius 2 is 1.88 bits per heavy atom. The maximum atomic E-state index is 12.3. The van der Waals surface area contributed by atoms with Crippen molar-refractivity contribution in [2.24, 2.45) is 0 Å². The quantitative estimate of drug-likeness (QED) is 0.578. The normalized spacial score (nSPS) is 10.6. The molecule has 0 amide bonds. The number of aromatic nitrogens is 1. The van der Waals surface area contributed by atoms with Gasteiger partial charge in [-0.1, -0.05) is 24.3 Å². The summed E-state index contributed by atoms with van der Waals surface area (Å²) in [7, 11) is 3.79. The van der Waals surface area contributed by atoms with E-state index in [1.807, 2.05) is 49.3 Å². The number of hydrogen-bond donors (Lipinski definition) is 1. The number of ether oxygens (including phenoxy) is 1. The first-order valence-electron chi connectivity index (χ1n) is 7.60. The number of fused-ring (bicyclic) bond motifs is 1. The van der Waals surface area contributed by atoms with Crippen LogP contribution in [0, 0.1) is 0 Å². The lowest BCUT2D eigenvalue weighted by Gasteiger charge is -2.13. The maximum Gasteiger partial charge on any atom is 0.338 e. The second kappa shape index (κ2) is 6.58. The van der Waals surface area contributed by atoms with Crippen LogP contribution in [0.3, 0.4) is 0 Å². The van der Waals surface area contributed by atoms with Crippen molar-refractivity contribution >= 4 is 28.3 Å². The number of para-hydroxylation sites is 1. The SMILES string of the molecule is CN(C)c1cccc(C(=O)OCC(=O)c2c[nH]c3ccccc23)c1. The first-order valence-corrected chi connectivity index (χ1v) is 7.60. The molecule has 0 fully saturated rings. The van der Waals surface area contributed by atoms with E-state index in [1.165, 1.54) is 0 Å². The Bertz CT molecular complexity index is 896. The smallest absolute Gasteiger partial charge is 0.338 e. The number of carbonyl (C=O) groups excluding carboxylic acids is 2. The highest BCUT2D eigenvalue weighted by Gasteiger charge is 2.15. The number of Topliss-reactive ketones (excluding diaryl/α,β-unsaturated/α-hetero) is 1. The first kappa shape index (κ1) is 15.8. The van der Waals surface area contributed by atoms with Gasteiger partial charge in [0.25, 0.3) is 0 Å². The van der Waals surface area contributed by atoms with E-state index in [4.69, 9.17) is 4.74 Å². The van der Waals surface area contributed by atoms with Crippen molar-refractivity contribution in [1.29, 1.82) is 0 Å². The number of hydrogen-bond acceptors (Lipinski definition) is 4. The summed E-state index contributed by atoms with van der Waals surface area (Å²) >= 11 is 0. The molecule has 1 heterocycles. The summed E-state index contributed by atoms with van der Waals surface area (Å²) in [5.41, 5.74) is 2.73. The summed E-state index contributed by atoms with van der Waals surface area (Å²) in [5, 5.41) is 0.827. The molecular formula is C19H18N2O3. The van der Waals surface area contributed by atoms with Crippen molar-refractivity contribution in [1.82, 2.24) is 4.98 Å². The lowest BCUT2D eigenvalue weighted by molar-refractivity contribution is 0.0475. The van der Waals surface area contributed by atoms with E-state index in [0.717, 1.165) is 16.6 Å². The Labute approximate surface area is 139 Å². The van der Waals surface area contributed by atoms with E-state index in [1.54, 1.807) is 24.4 Å². The fourth-order valence-corrected chi connectivity index (χ4v) is 2.51. The molecule has 0 aliphatic carbocycles. The van der Waals surface area contributed by atoms with Crippen molar-refractivity contribution < 1.29 is 14.3 Å². The number of anilines is 1. The van der Waals surface area contributed by atoms with E-state index in [-0.39, 0.29) is 12.4 Å². The van der Waals surface area contributed by atoms with Crippen LogP contribution < -0.4 is 4.90 Å². The molecule has 5 nitrogen and oxygen atoms in total. The summed E-state index contributed by atoms with van der Waals surface area (Å²) < 4.78 is 5.18. The zero-order chi connectivity index (χ0) is 17.1. The van der Waals surface area contributed by atoms with Crippen LogP contribution in [-0.4, -0.2) is 37.4 Å². The second-order valence-electron chi connectivity index (χ2n) is 5.69. The van der Waals surface area contributed by atoms with E-state index in [9.17, 15) is 9.59 Å². The number of esters is 1. The van der Waals surface area contributed by atoms with Gasteiger partial charge in [0.15, 0.2) is 6.61 Å². The van der Waals surface area contributed by atoms with Gasteiger partial charge in [0.2, 0.25) is 5.78 Å². The molecule has 0 spiro atoms. The van der Waals surface area contributed by atoms with Crippen molar-refractivity contribution in [2.45, 2.75) is 0 Å².